The van der Waals surface area contributed by atoms with E-state index in [2.05, 4.69) is 10.4 Å². The van der Waals surface area contributed by atoms with Gasteiger partial charge in [-0.05, 0) is 13.0 Å². The van der Waals surface area contributed by atoms with Crippen LogP contribution in [0.3, 0.4) is 0 Å². The molecule has 1 atom stereocenters. The predicted molar refractivity (Wildman–Crippen MR) is 90.4 cm³/mol. The van der Waals surface area contributed by atoms with E-state index >= 15 is 0 Å². The molecule has 1 aromatic heterocycles. The number of rotatable bonds is 3. The number of ether oxygens (including phenoxy) is 2. The lowest BCUT2D eigenvalue weighted by atomic mass is 10.0. The van der Waals surface area contributed by atoms with E-state index in [4.69, 9.17) is 9.47 Å². The molecule has 1 amide bonds. The topological polar surface area (TPSA) is 65.4 Å². The molecule has 1 aliphatic rings. The quantitative estimate of drug-likeness (QED) is 0.935. The van der Waals surface area contributed by atoms with E-state index in [0.717, 1.165) is 34.1 Å². The lowest BCUT2D eigenvalue weighted by Crippen LogP contribution is -2.15. The second-order valence-corrected chi connectivity index (χ2v) is 6.41. The maximum atomic E-state index is 12.0. The Kier molecular flexibility index (Phi) is 4.21. The first-order valence-electron chi connectivity index (χ1n) is 7.22. The lowest BCUT2D eigenvalue weighted by Gasteiger charge is -2.19. The Hall–Kier alpha value is -2.15. The number of anilines is 1. The van der Waals surface area contributed by atoms with Crippen LogP contribution in [-0.2, 0) is 11.8 Å². The van der Waals surface area contributed by atoms with Gasteiger partial charge in [0, 0.05) is 24.2 Å². The number of benzene rings is 1. The lowest BCUT2D eigenvalue weighted by molar-refractivity contribution is -0.113. The Balaban J connectivity index is 2.15. The summed E-state index contributed by atoms with van der Waals surface area (Å²) in [5.41, 5.74) is 2.93. The fourth-order valence-electron chi connectivity index (χ4n) is 2.83. The van der Waals surface area contributed by atoms with Crippen molar-refractivity contribution >= 4 is 23.5 Å². The number of aromatic nitrogens is 2. The molecule has 0 aliphatic carbocycles. The molecule has 1 unspecified atom stereocenters. The van der Waals surface area contributed by atoms with Crippen LogP contribution in [0, 0.1) is 6.92 Å². The molecule has 0 bridgehead atoms. The number of thioether (sulfide) groups is 1. The number of hydrogen-bond acceptors (Lipinski definition) is 5. The van der Waals surface area contributed by atoms with Crippen LogP contribution in [0.2, 0.25) is 0 Å². The van der Waals surface area contributed by atoms with Gasteiger partial charge in [-0.15, -0.1) is 11.8 Å². The summed E-state index contributed by atoms with van der Waals surface area (Å²) in [6, 6.07) is 5.76. The number of nitrogens with zero attached hydrogens (tertiary/aromatic N) is 2. The molecule has 0 fully saturated rings. The molecule has 0 saturated carbocycles. The summed E-state index contributed by atoms with van der Waals surface area (Å²) in [5, 5.41) is 7.37. The third kappa shape index (κ3) is 2.76. The summed E-state index contributed by atoms with van der Waals surface area (Å²) in [6.45, 7) is 1.96. The van der Waals surface area contributed by atoms with Crippen LogP contribution in [0.1, 0.15) is 22.1 Å². The zero-order valence-corrected chi connectivity index (χ0v) is 14.4. The van der Waals surface area contributed by atoms with Gasteiger partial charge in [0.15, 0.2) is 0 Å². The van der Waals surface area contributed by atoms with Crippen molar-refractivity contribution in [2.75, 3.05) is 25.3 Å². The van der Waals surface area contributed by atoms with Crippen molar-refractivity contribution in [3.05, 3.63) is 35.0 Å². The standard InChI is InChI=1S/C16H19N3O3S/c1-9-14-15(11-6-5-10(21-3)7-12(11)22-4)23-8-13(20)17-16(14)19(2)18-9/h5-7,15H,8H2,1-4H3,(H,17,20). The number of nitrogens with one attached hydrogen (secondary N) is 1. The van der Waals surface area contributed by atoms with Crippen LogP contribution in [-0.4, -0.2) is 35.7 Å². The SMILES string of the molecule is COc1ccc(C2SCC(=O)Nc3c2c(C)nn3C)c(OC)c1. The average molecular weight is 333 g/mol. The third-order valence-electron chi connectivity index (χ3n) is 3.89. The smallest absolute Gasteiger partial charge is 0.235 e. The Morgan fingerprint density at radius 3 is 2.83 bits per heavy atom. The van der Waals surface area contributed by atoms with Gasteiger partial charge in [-0.3, -0.25) is 9.48 Å². The summed E-state index contributed by atoms with van der Waals surface area (Å²) in [5.74, 6) is 2.59. The van der Waals surface area contributed by atoms with Crippen LogP contribution in [0.15, 0.2) is 18.2 Å². The van der Waals surface area contributed by atoms with Crippen molar-refractivity contribution in [1.82, 2.24) is 9.78 Å². The van der Waals surface area contributed by atoms with Gasteiger partial charge >= 0.3 is 0 Å². The molecule has 1 aromatic carbocycles. The minimum Gasteiger partial charge on any atom is -0.497 e. The normalized spacial score (nSPS) is 17.2. The van der Waals surface area contributed by atoms with Crippen LogP contribution in [0.25, 0.3) is 0 Å². The Bertz CT molecular complexity index is 757. The van der Waals surface area contributed by atoms with Crippen molar-refractivity contribution < 1.29 is 14.3 Å². The minimum atomic E-state index is -0.0292. The highest BCUT2D eigenvalue weighted by molar-refractivity contribution is 8.00. The van der Waals surface area contributed by atoms with Crippen LogP contribution in [0.4, 0.5) is 5.82 Å². The van der Waals surface area contributed by atoms with Gasteiger partial charge in [0.05, 0.1) is 30.9 Å². The molecule has 23 heavy (non-hydrogen) atoms. The largest absolute Gasteiger partial charge is 0.497 e. The van der Waals surface area contributed by atoms with E-state index in [1.54, 1.807) is 30.7 Å². The molecule has 3 rings (SSSR count). The van der Waals surface area contributed by atoms with E-state index in [1.807, 2.05) is 32.2 Å². The molecule has 2 aromatic rings. The minimum absolute atomic E-state index is 0.0192. The molecule has 0 saturated heterocycles. The molecule has 2 heterocycles. The van der Waals surface area contributed by atoms with Gasteiger partial charge in [0.25, 0.3) is 0 Å². The van der Waals surface area contributed by atoms with E-state index in [1.165, 1.54) is 0 Å². The van der Waals surface area contributed by atoms with Gasteiger partial charge in [0.2, 0.25) is 5.91 Å². The van der Waals surface area contributed by atoms with E-state index in [9.17, 15) is 4.79 Å². The van der Waals surface area contributed by atoms with Crippen molar-refractivity contribution in [1.29, 1.82) is 0 Å². The van der Waals surface area contributed by atoms with E-state index < -0.39 is 0 Å². The zero-order chi connectivity index (χ0) is 16.6. The first kappa shape index (κ1) is 15.7. The van der Waals surface area contributed by atoms with Gasteiger partial charge in [-0.25, -0.2) is 0 Å². The molecule has 0 spiro atoms. The number of carbonyl (C=O) groups is 1. The molecular formula is C16H19N3O3S. The molecular weight excluding hydrogens is 314 g/mol. The van der Waals surface area contributed by atoms with E-state index in [-0.39, 0.29) is 11.2 Å². The molecule has 6 nitrogen and oxygen atoms in total. The zero-order valence-electron chi connectivity index (χ0n) is 13.5. The Morgan fingerprint density at radius 2 is 2.13 bits per heavy atom. The van der Waals surface area contributed by atoms with Crippen LogP contribution in [0.5, 0.6) is 11.5 Å². The number of carbonyl (C=O) groups excluding carboxylic acids is 1. The monoisotopic (exact) mass is 333 g/mol. The fraction of sp³-hybridized carbons (Fsp3) is 0.375. The number of aryl methyl sites for hydroxylation is 2. The number of fused-ring (bicyclic) bond motifs is 1. The van der Waals surface area contributed by atoms with Crippen molar-refractivity contribution in [3.8, 4) is 11.5 Å². The van der Waals surface area contributed by atoms with Gasteiger partial charge in [0.1, 0.15) is 17.3 Å². The maximum Gasteiger partial charge on any atom is 0.235 e. The highest BCUT2D eigenvalue weighted by atomic mass is 32.2. The van der Waals surface area contributed by atoms with Crippen molar-refractivity contribution in [2.45, 2.75) is 12.2 Å². The fourth-order valence-corrected chi connectivity index (χ4v) is 4.04. The third-order valence-corrected chi connectivity index (χ3v) is 5.14. The molecule has 122 valence electrons. The van der Waals surface area contributed by atoms with Crippen molar-refractivity contribution in [3.63, 3.8) is 0 Å². The van der Waals surface area contributed by atoms with Crippen LogP contribution >= 0.6 is 11.8 Å². The van der Waals surface area contributed by atoms with Gasteiger partial charge in [-0.2, -0.15) is 5.10 Å². The summed E-state index contributed by atoms with van der Waals surface area (Å²) in [7, 11) is 5.10. The predicted octanol–water partition coefficient (Wildman–Crippen LogP) is 2.52. The second-order valence-electron chi connectivity index (χ2n) is 5.32. The summed E-state index contributed by atoms with van der Waals surface area (Å²) in [4.78, 5) is 12.0. The maximum absolute atomic E-state index is 12.0. The van der Waals surface area contributed by atoms with Crippen LogP contribution < -0.4 is 14.8 Å². The first-order valence-corrected chi connectivity index (χ1v) is 8.27. The molecule has 0 radical (unpaired) electrons. The summed E-state index contributed by atoms with van der Waals surface area (Å²) >= 11 is 1.57. The molecule has 7 heteroatoms. The average Bonchev–Trinajstić information content (AvgIpc) is 2.72. The number of hydrogen-bond donors (Lipinski definition) is 1. The first-order chi connectivity index (χ1) is 11.0. The van der Waals surface area contributed by atoms with Gasteiger partial charge < -0.3 is 14.8 Å². The van der Waals surface area contributed by atoms with E-state index in [0.29, 0.717) is 5.75 Å². The molecule has 1 N–H and O–H groups in total. The Morgan fingerprint density at radius 1 is 1.35 bits per heavy atom. The van der Waals surface area contributed by atoms with Crippen molar-refractivity contribution in [2.24, 2.45) is 7.05 Å². The highest BCUT2D eigenvalue weighted by Gasteiger charge is 2.31. The summed E-state index contributed by atoms with van der Waals surface area (Å²) in [6.07, 6.45) is 0. The number of amides is 1. The van der Waals surface area contributed by atoms with Gasteiger partial charge in [-0.1, -0.05) is 6.07 Å². The second kappa shape index (κ2) is 6.16. The Labute approximate surface area is 139 Å². The highest BCUT2D eigenvalue weighted by Crippen LogP contribution is 2.46. The number of methoxy groups -OCH3 is 2. The summed E-state index contributed by atoms with van der Waals surface area (Å²) < 4.78 is 12.5. The molecule has 1 aliphatic heterocycles.